The Bertz CT molecular complexity index is 756. The maximum absolute atomic E-state index is 11.1. The Hall–Kier alpha value is -2.75. The molecule has 1 aromatic heterocycles. The minimum atomic E-state index is -0.120. The van der Waals surface area contributed by atoms with E-state index in [1.807, 2.05) is 42.5 Å². The highest BCUT2D eigenvalue weighted by Crippen LogP contribution is 2.22. The summed E-state index contributed by atoms with van der Waals surface area (Å²) in [5.41, 5.74) is 3.95. The van der Waals surface area contributed by atoms with E-state index in [-0.39, 0.29) is 11.6 Å². The van der Waals surface area contributed by atoms with Gasteiger partial charge >= 0.3 is 0 Å². The Morgan fingerprint density at radius 3 is 2.29 bits per heavy atom. The van der Waals surface area contributed by atoms with Gasteiger partial charge in [-0.1, -0.05) is 42.5 Å². The van der Waals surface area contributed by atoms with Crippen molar-refractivity contribution in [1.29, 1.82) is 0 Å². The van der Waals surface area contributed by atoms with Gasteiger partial charge in [-0.3, -0.25) is 15.0 Å². The van der Waals surface area contributed by atoms with E-state index in [1.165, 1.54) is 5.56 Å². The summed E-state index contributed by atoms with van der Waals surface area (Å²) < 4.78 is 0. The van der Waals surface area contributed by atoms with E-state index in [9.17, 15) is 4.79 Å². The van der Waals surface area contributed by atoms with Crippen LogP contribution < -0.4 is 10.9 Å². The third-order valence-electron chi connectivity index (χ3n) is 3.47. The van der Waals surface area contributed by atoms with Gasteiger partial charge < -0.3 is 5.32 Å². The normalized spacial score (nSPS) is 12.0. The summed E-state index contributed by atoms with van der Waals surface area (Å²) in [7, 11) is 0. The first-order valence-electron chi connectivity index (χ1n) is 6.92. The molecule has 0 saturated heterocycles. The van der Waals surface area contributed by atoms with E-state index < -0.39 is 0 Å². The van der Waals surface area contributed by atoms with Crippen LogP contribution >= 0.6 is 0 Å². The lowest BCUT2D eigenvalue weighted by molar-refractivity contribution is 0.885. The molecule has 0 aliphatic carbocycles. The lowest BCUT2D eigenvalue weighted by Gasteiger charge is -2.15. The fraction of sp³-hybridized carbons (Fsp3) is 0.118. The number of hydrogen-bond donors (Lipinski definition) is 3. The van der Waals surface area contributed by atoms with Crippen molar-refractivity contribution in [3.8, 4) is 11.3 Å². The van der Waals surface area contributed by atoms with Gasteiger partial charge in [-0.05, 0) is 30.2 Å². The van der Waals surface area contributed by atoms with Crippen molar-refractivity contribution in [3.63, 3.8) is 0 Å². The fourth-order valence-corrected chi connectivity index (χ4v) is 2.31. The standard InChI is InChI=1S/C17H17N3O/c1-12(13-5-3-2-4-6-13)18-15-9-7-14(8-10-15)16-11-17(21)20-19-16/h2-12,18H,1H3,(H2,19,20,21). The van der Waals surface area contributed by atoms with Crippen LogP contribution in [0.2, 0.25) is 0 Å². The zero-order valence-electron chi connectivity index (χ0n) is 11.8. The molecule has 3 N–H and O–H groups in total. The highest BCUT2D eigenvalue weighted by molar-refractivity contribution is 5.62. The summed E-state index contributed by atoms with van der Waals surface area (Å²) in [5, 5.41) is 8.85. The van der Waals surface area contributed by atoms with Crippen molar-refractivity contribution in [1.82, 2.24) is 10.2 Å². The Balaban J connectivity index is 1.74. The highest BCUT2D eigenvalue weighted by Gasteiger charge is 2.05. The van der Waals surface area contributed by atoms with Crippen molar-refractivity contribution >= 4 is 5.69 Å². The van der Waals surface area contributed by atoms with E-state index in [0.717, 1.165) is 16.9 Å². The van der Waals surface area contributed by atoms with Crippen LogP contribution in [-0.4, -0.2) is 10.2 Å². The van der Waals surface area contributed by atoms with E-state index >= 15 is 0 Å². The first kappa shape index (κ1) is 13.2. The van der Waals surface area contributed by atoms with Crippen LogP contribution in [0.4, 0.5) is 5.69 Å². The summed E-state index contributed by atoms with van der Waals surface area (Å²) in [6.45, 7) is 2.13. The third-order valence-corrected chi connectivity index (χ3v) is 3.47. The number of rotatable bonds is 4. The number of aromatic nitrogens is 2. The summed E-state index contributed by atoms with van der Waals surface area (Å²) in [6, 6.07) is 20.1. The van der Waals surface area contributed by atoms with Gasteiger partial charge in [0.1, 0.15) is 0 Å². The van der Waals surface area contributed by atoms with Gasteiger partial charge in [-0.25, -0.2) is 0 Å². The Kier molecular flexibility index (Phi) is 3.60. The van der Waals surface area contributed by atoms with Gasteiger partial charge in [0.15, 0.2) is 0 Å². The topological polar surface area (TPSA) is 60.7 Å². The minimum Gasteiger partial charge on any atom is -0.379 e. The minimum absolute atomic E-state index is 0.120. The third kappa shape index (κ3) is 3.05. The van der Waals surface area contributed by atoms with Crippen LogP contribution in [0.1, 0.15) is 18.5 Å². The van der Waals surface area contributed by atoms with Gasteiger partial charge in [0.25, 0.3) is 5.56 Å². The molecule has 1 heterocycles. The molecule has 1 unspecified atom stereocenters. The Morgan fingerprint density at radius 2 is 1.67 bits per heavy atom. The van der Waals surface area contributed by atoms with Gasteiger partial charge in [0.2, 0.25) is 0 Å². The molecule has 0 aliphatic heterocycles. The summed E-state index contributed by atoms with van der Waals surface area (Å²) in [5.74, 6) is 0. The number of aromatic amines is 2. The van der Waals surface area contributed by atoms with Gasteiger partial charge in [-0.2, -0.15) is 0 Å². The molecular formula is C17H17N3O. The molecule has 0 fully saturated rings. The summed E-state index contributed by atoms with van der Waals surface area (Å²) in [6.07, 6.45) is 0. The number of benzene rings is 2. The van der Waals surface area contributed by atoms with Crippen LogP contribution in [0.15, 0.2) is 65.5 Å². The molecule has 1 atom stereocenters. The lowest BCUT2D eigenvalue weighted by atomic mass is 10.1. The van der Waals surface area contributed by atoms with Gasteiger partial charge in [-0.15, -0.1) is 0 Å². The second kappa shape index (κ2) is 5.71. The monoisotopic (exact) mass is 279 g/mol. The SMILES string of the molecule is CC(Nc1ccc(-c2cc(=O)[nH][nH]2)cc1)c1ccccc1. The van der Waals surface area contributed by atoms with E-state index in [1.54, 1.807) is 6.07 Å². The highest BCUT2D eigenvalue weighted by atomic mass is 16.1. The van der Waals surface area contributed by atoms with Crippen LogP contribution in [0, 0.1) is 0 Å². The number of hydrogen-bond acceptors (Lipinski definition) is 2. The van der Waals surface area contributed by atoms with E-state index in [2.05, 4.69) is 34.6 Å². The smallest absolute Gasteiger partial charge is 0.264 e. The molecule has 3 aromatic rings. The molecule has 0 bridgehead atoms. The quantitative estimate of drug-likeness (QED) is 0.684. The molecule has 0 aliphatic rings. The first-order valence-corrected chi connectivity index (χ1v) is 6.92. The van der Waals surface area contributed by atoms with Gasteiger partial charge in [0.05, 0.1) is 5.69 Å². The largest absolute Gasteiger partial charge is 0.379 e. The van der Waals surface area contributed by atoms with Crippen molar-refractivity contribution in [3.05, 3.63) is 76.6 Å². The zero-order chi connectivity index (χ0) is 14.7. The zero-order valence-corrected chi connectivity index (χ0v) is 11.8. The fourth-order valence-electron chi connectivity index (χ4n) is 2.31. The second-order valence-electron chi connectivity index (χ2n) is 5.03. The maximum Gasteiger partial charge on any atom is 0.264 e. The van der Waals surface area contributed by atoms with E-state index in [4.69, 9.17) is 0 Å². The van der Waals surface area contributed by atoms with Crippen LogP contribution in [-0.2, 0) is 0 Å². The molecule has 2 aromatic carbocycles. The predicted octanol–water partition coefficient (Wildman–Crippen LogP) is 3.54. The summed E-state index contributed by atoms with van der Waals surface area (Å²) >= 11 is 0. The molecule has 0 radical (unpaired) electrons. The predicted molar refractivity (Wildman–Crippen MR) is 85.3 cm³/mol. The van der Waals surface area contributed by atoms with Crippen LogP contribution in [0.3, 0.4) is 0 Å². The number of nitrogens with one attached hydrogen (secondary N) is 3. The van der Waals surface area contributed by atoms with Gasteiger partial charge in [0, 0.05) is 17.8 Å². The Morgan fingerprint density at radius 1 is 0.952 bits per heavy atom. The molecule has 0 saturated carbocycles. The molecule has 106 valence electrons. The second-order valence-corrected chi connectivity index (χ2v) is 5.03. The summed E-state index contributed by atoms with van der Waals surface area (Å²) in [4.78, 5) is 11.1. The maximum atomic E-state index is 11.1. The van der Waals surface area contributed by atoms with Crippen molar-refractivity contribution in [2.45, 2.75) is 13.0 Å². The molecule has 3 rings (SSSR count). The van der Waals surface area contributed by atoms with Crippen molar-refractivity contribution in [2.75, 3.05) is 5.32 Å². The molecule has 21 heavy (non-hydrogen) atoms. The van der Waals surface area contributed by atoms with Crippen LogP contribution in [0.25, 0.3) is 11.3 Å². The number of anilines is 1. The molecule has 0 amide bonds. The average molecular weight is 279 g/mol. The van der Waals surface area contributed by atoms with Crippen molar-refractivity contribution in [2.24, 2.45) is 0 Å². The lowest BCUT2D eigenvalue weighted by Crippen LogP contribution is -2.06. The molecule has 0 spiro atoms. The van der Waals surface area contributed by atoms with Crippen molar-refractivity contribution < 1.29 is 0 Å². The molecule has 4 heteroatoms. The van der Waals surface area contributed by atoms with E-state index in [0.29, 0.717) is 0 Å². The number of H-pyrrole nitrogens is 2. The molecule has 4 nitrogen and oxygen atoms in total. The first-order chi connectivity index (χ1) is 10.2. The Labute approximate surface area is 122 Å². The molecular weight excluding hydrogens is 262 g/mol. The van der Waals surface area contributed by atoms with Crippen LogP contribution in [0.5, 0.6) is 0 Å². The average Bonchev–Trinajstić information content (AvgIpc) is 2.95.